The summed E-state index contributed by atoms with van der Waals surface area (Å²) >= 11 is 0. The third-order valence-electron chi connectivity index (χ3n) is 2.86. The zero-order valence-corrected chi connectivity index (χ0v) is 8.86. The molecule has 1 fully saturated rings. The van der Waals surface area contributed by atoms with E-state index in [4.69, 9.17) is 9.63 Å². The van der Waals surface area contributed by atoms with Gasteiger partial charge in [-0.05, 0) is 11.8 Å². The highest BCUT2D eigenvalue weighted by molar-refractivity contribution is 5.66. The van der Waals surface area contributed by atoms with Crippen LogP contribution in [0.3, 0.4) is 0 Å². The fraction of sp³-hybridized carbons (Fsp3) is 0.700. The summed E-state index contributed by atoms with van der Waals surface area (Å²) in [6.45, 7) is 4.32. The molecule has 1 atom stereocenters. The summed E-state index contributed by atoms with van der Waals surface area (Å²) in [5, 5.41) is 12.4. The normalized spacial score (nSPS) is 22.7. The summed E-state index contributed by atoms with van der Waals surface area (Å²) in [6, 6.07) is 0. The topological polar surface area (TPSA) is 76.2 Å². The van der Waals surface area contributed by atoms with Crippen molar-refractivity contribution in [3.05, 3.63) is 11.7 Å². The third kappa shape index (κ3) is 2.16. The van der Waals surface area contributed by atoms with Crippen molar-refractivity contribution in [2.75, 3.05) is 0 Å². The highest BCUT2D eigenvalue weighted by Crippen LogP contribution is 2.57. The second-order valence-electron chi connectivity index (χ2n) is 4.69. The summed E-state index contributed by atoms with van der Waals surface area (Å²) in [7, 11) is 0. The number of rotatable bonds is 4. The highest BCUT2D eigenvalue weighted by atomic mass is 16.5. The van der Waals surface area contributed by atoms with Crippen LogP contribution in [0, 0.1) is 5.41 Å². The Morgan fingerprint density at radius 1 is 1.67 bits per heavy atom. The number of hydrogen-bond acceptors (Lipinski definition) is 4. The van der Waals surface area contributed by atoms with E-state index in [2.05, 4.69) is 24.0 Å². The van der Waals surface area contributed by atoms with E-state index in [1.807, 2.05) is 0 Å². The van der Waals surface area contributed by atoms with E-state index >= 15 is 0 Å². The van der Waals surface area contributed by atoms with Gasteiger partial charge in [-0.15, -0.1) is 0 Å². The van der Waals surface area contributed by atoms with Gasteiger partial charge in [-0.1, -0.05) is 19.0 Å². The lowest BCUT2D eigenvalue weighted by Gasteiger charge is -1.95. The smallest absolute Gasteiger partial charge is 0.303 e. The number of carboxylic acids is 1. The first-order chi connectivity index (χ1) is 6.99. The van der Waals surface area contributed by atoms with E-state index in [1.165, 1.54) is 0 Å². The first-order valence-corrected chi connectivity index (χ1v) is 5.03. The number of aliphatic carboxylic acids is 1. The van der Waals surface area contributed by atoms with E-state index in [1.54, 1.807) is 0 Å². The molecule has 0 aromatic carbocycles. The molecule has 1 N–H and O–H groups in total. The maximum Gasteiger partial charge on any atom is 0.303 e. The molecule has 5 heteroatoms. The molecule has 1 aromatic heterocycles. The van der Waals surface area contributed by atoms with Crippen molar-refractivity contribution < 1.29 is 14.4 Å². The minimum atomic E-state index is -0.846. The van der Waals surface area contributed by atoms with Crippen LogP contribution in [0.1, 0.15) is 44.3 Å². The minimum absolute atomic E-state index is 0.0374. The van der Waals surface area contributed by atoms with Crippen LogP contribution in [0.2, 0.25) is 0 Å². The SMILES string of the molecule is CC1(C)CC1c1noc(CCC(=O)O)n1. The summed E-state index contributed by atoms with van der Waals surface area (Å²) in [6.07, 6.45) is 1.43. The van der Waals surface area contributed by atoms with Crippen LogP contribution in [0.25, 0.3) is 0 Å². The van der Waals surface area contributed by atoms with Crippen LogP contribution in [0.15, 0.2) is 4.52 Å². The average molecular weight is 210 g/mol. The van der Waals surface area contributed by atoms with Gasteiger partial charge in [-0.2, -0.15) is 4.98 Å². The Labute approximate surface area is 87.5 Å². The van der Waals surface area contributed by atoms with Gasteiger partial charge < -0.3 is 9.63 Å². The highest BCUT2D eigenvalue weighted by Gasteiger charge is 2.49. The van der Waals surface area contributed by atoms with Crippen molar-refractivity contribution >= 4 is 5.97 Å². The Balaban J connectivity index is 1.96. The van der Waals surface area contributed by atoms with Crippen molar-refractivity contribution in [1.82, 2.24) is 10.1 Å². The van der Waals surface area contributed by atoms with Gasteiger partial charge in [0.25, 0.3) is 0 Å². The van der Waals surface area contributed by atoms with Crippen LogP contribution >= 0.6 is 0 Å². The maximum atomic E-state index is 10.3. The molecule has 1 saturated carbocycles. The van der Waals surface area contributed by atoms with Gasteiger partial charge in [-0.25, -0.2) is 0 Å². The fourth-order valence-electron chi connectivity index (χ4n) is 1.63. The van der Waals surface area contributed by atoms with Crippen LogP contribution in [0.4, 0.5) is 0 Å². The molecule has 82 valence electrons. The molecule has 1 aromatic rings. The average Bonchev–Trinajstić information content (AvgIpc) is 2.63. The molecule has 0 aliphatic heterocycles. The van der Waals surface area contributed by atoms with Gasteiger partial charge in [0.15, 0.2) is 5.82 Å². The molecule has 1 unspecified atom stereocenters. The van der Waals surface area contributed by atoms with Gasteiger partial charge in [0.05, 0.1) is 6.42 Å². The molecule has 0 bridgehead atoms. The van der Waals surface area contributed by atoms with Gasteiger partial charge in [0, 0.05) is 12.3 Å². The Hall–Kier alpha value is -1.39. The molecule has 0 spiro atoms. The number of aromatic nitrogens is 2. The minimum Gasteiger partial charge on any atom is -0.481 e. The van der Waals surface area contributed by atoms with Gasteiger partial charge >= 0.3 is 5.97 Å². The summed E-state index contributed by atoms with van der Waals surface area (Å²) in [4.78, 5) is 14.5. The Morgan fingerprint density at radius 3 is 2.87 bits per heavy atom. The van der Waals surface area contributed by atoms with Crippen molar-refractivity contribution in [3.63, 3.8) is 0 Å². The van der Waals surface area contributed by atoms with Crippen molar-refractivity contribution in [2.45, 2.75) is 39.0 Å². The number of hydrogen-bond donors (Lipinski definition) is 1. The third-order valence-corrected chi connectivity index (χ3v) is 2.86. The second-order valence-corrected chi connectivity index (χ2v) is 4.69. The van der Waals surface area contributed by atoms with Gasteiger partial charge in [-0.3, -0.25) is 4.79 Å². The number of carbonyl (C=O) groups is 1. The van der Waals surface area contributed by atoms with Gasteiger partial charge in [0.1, 0.15) is 0 Å². The fourth-order valence-corrected chi connectivity index (χ4v) is 1.63. The molecular formula is C10H14N2O3. The van der Waals surface area contributed by atoms with Crippen molar-refractivity contribution in [3.8, 4) is 0 Å². The molecule has 15 heavy (non-hydrogen) atoms. The number of aryl methyl sites for hydroxylation is 1. The molecule has 1 aliphatic carbocycles. The van der Waals surface area contributed by atoms with Crippen LogP contribution in [0.5, 0.6) is 0 Å². The molecule has 0 radical (unpaired) electrons. The van der Waals surface area contributed by atoms with E-state index in [-0.39, 0.29) is 11.8 Å². The monoisotopic (exact) mass is 210 g/mol. The van der Waals surface area contributed by atoms with Crippen LogP contribution < -0.4 is 0 Å². The Bertz CT molecular complexity index is 384. The molecule has 0 saturated heterocycles. The van der Waals surface area contributed by atoms with E-state index in [9.17, 15) is 4.79 Å². The number of nitrogens with zero attached hydrogens (tertiary/aromatic N) is 2. The second kappa shape index (κ2) is 3.32. The molecule has 1 heterocycles. The first-order valence-electron chi connectivity index (χ1n) is 5.03. The summed E-state index contributed by atoms with van der Waals surface area (Å²) in [5.41, 5.74) is 0.272. The first kappa shape index (κ1) is 10.1. The molecule has 2 rings (SSSR count). The summed E-state index contributed by atoms with van der Waals surface area (Å²) in [5.74, 6) is 0.678. The van der Waals surface area contributed by atoms with Crippen LogP contribution in [-0.4, -0.2) is 21.2 Å². The lowest BCUT2D eigenvalue weighted by molar-refractivity contribution is -0.137. The van der Waals surface area contributed by atoms with Gasteiger partial charge in [0.2, 0.25) is 5.89 Å². The Morgan fingerprint density at radius 2 is 2.33 bits per heavy atom. The van der Waals surface area contributed by atoms with Crippen LogP contribution in [-0.2, 0) is 11.2 Å². The molecular weight excluding hydrogens is 196 g/mol. The van der Waals surface area contributed by atoms with E-state index in [0.29, 0.717) is 18.2 Å². The zero-order chi connectivity index (χ0) is 11.1. The van der Waals surface area contributed by atoms with E-state index in [0.717, 1.165) is 12.2 Å². The Kier molecular flexibility index (Phi) is 2.25. The lowest BCUT2D eigenvalue weighted by atomic mass is 10.1. The number of carboxylic acid groups (broad SMARTS) is 1. The predicted molar refractivity (Wildman–Crippen MR) is 51.4 cm³/mol. The standard InChI is InChI=1S/C10H14N2O3/c1-10(2)5-6(10)9-11-7(15-12-9)3-4-8(13)14/h6H,3-5H2,1-2H3,(H,13,14). The quantitative estimate of drug-likeness (QED) is 0.816. The molecule has 0 amide bonds. The van der Waals surface area contributed by atoms with Crippen molar-refractivity contribution in [1.29, 1.82) is 0 Å². The summed E-state index contributed by atoms with van der Waals surface area (Å²) < 4.78 is 4.99. The lowest BCUT2D eigenvalue weighted by Crippen LogP contribution is -1.98. The maximum absolute atomic E-state index is 10.3. The predicted octanol–water partition coefficient (Wildman–Crippen LogP) is 1.60. The molecule has 1 aliphatic rings. The van der Waals surface area contributed by atoms with E-state index < -0.39 is 5.97 Å². The zero-order valence-electron chi connectivity index (χ0n) is 8.86. The molecule has 5 nitrogen and oxygen atoms in total. The van der Waals surface area contributed by atoms with Crippen molar-refractivity contribution in [2.24, 2.45) is 5.41 Å². The largest absolute Gasteiger partial charge is 0.481 e.